The molecule has 1 aliphatic rings. The van der Waals surface area contributed by atoms with Crippen LogP contribution < -0.4 is 10.2 Å². The molecule has 4 heteroatoms. The zero-order valence-electron chi connectivity index (χ0n) is 9.15. The first-order valence-electron chi connectivity index (χ1n) is 4.75. The van der Waals surface area contributed by atoms with E-state index in [0.717, 1.165) is 16.1 Å². The highest BCUT2D eigenvalue weighted by atomic mass is 32.2. The minimum absolute atomic E-state index is 0.187. The SMILES string of the molecule is C=Cn1cc2c(cc1=NC)OC(C)(C)S2. The molecule has 0 atom stereocenters. The van der Waals surface area contributed by atoms with Gasteiger partial charge in [0.15, 0.2) is 4.93 Å². The average molecular weight is 222 g/mol. The van der Waals surface area contributed by atoms with Gasteiger partial charge in [0.1, 0.15) is 11.2 Å². The van der Waals surface area contributed by atoms with E-state index in [1.165, 1.54) is 0 Å². The highest BCUT2D eigenvalue weighted by Crippen LogP contribution is 2.45. The monoisotopic (exact) mass is 222 g/mol. The van der Waals surface area contributed by atoms with Gasteiger partial charge >= 0.3 is 0 Å². The van der Waals surface area contributed by atoms with Crippen molar-refractivity contribution in [1.29, 1.82) is 0 Å². The molecule has 0 aromatic carbocycles. The molecule has 0 radical (unpaired) electrons. The topological polar surface area (TPSA) is 26.5 Å². The molecular weight excluding hydrogens is 208 g/mol. The standard InChI is InChI=1S/C11H14N2OS/c1-5-13-7-9-8(6-10(13)12-4)14-11(2,3)15-9/h5-7H,1H2,2-4H3. The minimum atomic E-state index is -0.187. The summed E-state index contributed by atoms with van der Waals surface area (Å²) >= 11 is 1.71. The Morgan fingerprint density at radius 2 is 2.33 bits per heavy atom. The lowest BCUT2D eigenvalue weighted by atomic mass is 10.4. The number of fused-ring (bicyclic) bond motifs is 1. The number of pyridine rings is 1. The number of ether oxygens (including phenoxy) is 1. The maximum atomic E-state index is 5.79. The van der Waals surface area contributed by atoms with Gasteiger partial charge in [-0.2, -0.15) is 0 Å². The Labute approximate surface area is 93.5 Å². The molecule has 15 heavy (non-hydrogen) atoms. The highest BCUT2D eigenvalue weighted by molar-refractivity contribution is 8.00. The van der Waals surface area contributed by atoms with Crippen molar-refractivity contribution in [1.82, 2.24) is 4.57 Å². The summed E-state index contributed by atoms with van der Waals surface area (Å²) in [4.78, 5) is 5.11. The molecule has 3 nitrogen and oxygen atoms in total. The van der Waals surface area contributed by atoms with Gasteiger partial charge in [-0.05, 0) is 13.8 Å². The summed E-state index contributed by atoms with van der Waals surface area (Å²) in [6.45, 7) is 7.86. The Morgan fingerprint density at radius 1 is 1.60 bits per heavy atom. The molecular formula is C11H14N2OS. The Kier molecular flexibility index (Phi) is 2.38. The summed E-state index contributed by atoms with van der Waals surface area (Å²) in [6.07, 6.45) is 3.75. The lowest BCUT2D eigenvalue weighted by Gasteiger charge is -2.15. The maximum absolute atomic E-state index is 5.79. The van der Waals surface area contributed by atoms with E-state index in [4.69, 9.17) is 4.74 Å². The van der Waals surface area contributed by atoms with E-state index in [9.17, 15) is 0 Å². The minimum Gasteiger partial charge on any atom is -0.475 e. The van der Waals surface area contributed by atoms with Crippen molar-refractivity contribution in [3.63, 3.8) is 0 Å². The normalized spacial score (nSPS) is 18.5. The summed E-state index contributed by atoms with van der Waals surface area (Å²) in [5.74, 6) is 0.906. The largest absolute Gasteiger partial charge is 0.475 e. The van der Waals surface area contributed by atoms with Crippen LogP contribution in [0, 0.1) is 0 Å². The molecule has 0 spiro atoms. The Balaban J connectivity index is 2.59. The molecule has 0 unspecified atom stereocenters. The molecule has 80 valence electrons. The van der Waals surface area contributed by atoms with Crippen LogP contribution >= 0.6 is 11.8 Å². The van der Waals surface area contributed by atoms with Crippen molar-refractivity contribution >= 4 is 18.0 Å². The second kappa shape index (κ2) is 3.45. The summed E-state index contributed by atoms with van der Waals surface area (Å²) in [7, 11) is 1.76. The molecule has 0 N–H and O–H groups in total. The van der Waals surface area contributed by atoms with E-state index in [1.807, 2.05) is 16.8 Å². The fourth-order valence-corrected chi connectivity index (χ4v) is 2.58. The van der Waals surface area contributed by atoms with Gasteiger partial charge in [-0.3, -0.25) is 4.99 Å². The molecule has 0 fully saturated rings. The molecule has 0 bridgehead atoms. The lowest BCUT2D eigenvalue weighted by molar-refractivity contribution is 0.214. The average Bonchev–Trinajstić information content (AvgIpc) is 2.48. The van der Waals surface area contributed by atoms with Gasteiger partial charge in [0.2, 0.25) is 0 Å². The van der Waals surface area contributed by atoms with Crippen LogP contribution in [-0.2, 0) is 0 Å². The van der Waals surface area contributed by atoms with E-state index in [-0.39, 0.29) is 4.93 Å². The predicted molar refractivity (Wildman–Crippen MR) is 62.9 cm³/mol. The predicted octanol–water partition coefficient (Wildman–Crippen LogP) is 2.34. The number of nitrogens with zero attached hydrogens (tertiary/aromatic N) is 2. The zero-order chi connectivity index (χ0) is 11.1. The number of hydrogen-bond acceptors (Lipinski definition) is 3. The van der Waals surface area contributed by atoms with Crippen molar-refractivity contribution in [2.75, 3.05) is 7.05 Å². The number of hydrogen-bond donors (Lipinski definition) is 0. The van der Waals surface area contributed by atoms with Gasteiger partial charge in [0.05, 0.1) is 4.90 Å². The van der Waals surface area contributed by atoms with Crippen LogP contribution in [0.15, 0.2) is 28.7 Å². The van der Waals surface area contributed by atoms with Crippen LogP contribution in [0.25, 0.3) is 6.20 Å². The van der Waals surface area contributed by atoms with Crippen LogP contribution in [-0.4, -0.2) is 16.5 Å². The second-order valence-corrected chi connectivity index (χ2v) is 5.40. The fraction of sp³-hybridized carbons (Fsp3) is 0.364. The smallest absolute Gasteiger partial charge is 0.153 e. The number of thioether (sulfide) groups is 1. The van der Waals surface area contributed by atoms with Gasteiger partial charge in [0, 0.05) is 25.5 Å². The first-order valence-corrected chi connectivity index (χ1v) is 5.57. The van der Waals surface area contributed by atoms with Crippen molar-refractivity contribution in [3.8, 4) is 5.75 Å². The molecule has 0 saturated carbocycles. The first kappa shape index (κ1) is 10.4. The fourth-order valence-electron chi connectivity index (χ4n) is 1.55. The van der Waals surface area contributed by atoms with Gasteiger partial charge in [-0.25, -0.2) is 0 Å². The number of rotatable bonds is 1. The van der Waals surface area contributed by atoms with Gasteiger partial charge in [-0.15, -0.1) is 0 Å². The molecule has 2 heterocycles. The molecule has 2 rings (SSSR count). The zero-order valence-corrected chi connectivity index (χ0v) is 9.97. The molecule has 1 aliphatic heterocycles. The number of aromatic nitrogens is 1. The van der Waals surface area contributed by atoms with Gasteiger partial charge in [-0.1, -0.05) is 18.3 Å². The molecule has 0 aliphatic carbocycles. The van der Waals surface area contributed by atoms with Gasteiger partial charge < -0.3 is 9.30 Å². The van der Waals surface area contributed by atoms with E-state index in [2.05, 4.69) is 25.4 Å². The quantitative estimate of drug-likeness (QED) is 0.729. The summed E-state index contributed by atoms with van der Waals surface area (Å²) in [5, 5.41) is 0. The van der Waals surface area contributed by atoms with Crippen LogP contribution in [0.4, 0.5) is 0 Å². The highest BCUT2D eigenvalue weighted by Gasteiger charge is 2.31. The van der Waals surface area contributed by atoms with E-state index < -0.39 is 0 Å². The van der Waals surface area contributed by atoms with Crippen molar-refractivity contribution < 1.29 is 4.74 Å². The van der Waals surface area contributed by atoms with Crippen LogP contribution in [0.1, 0.15) is 13.8 Å². The Hall–Kier alpha value is -1.16. The third-order valence-electron chi connectivity index (χ3n) is 2.16. The lowest BCUT2D eigenvalue weighted by Crippen LogP contribution is -2.19. The van der Waals surface area contributed by atoms with Crippen LogP contribution in [0.3, 0.4) is 0 Å². The third-order valence-corrected chi connectivity index (χ3v) is 3.26. The van der Waals surface area contributed by atoms with Crippen molar-refractivity contribution in [2.24, 2.45) is 4.99 Å². The van der Waals surface area contributed by atoms with E-state index >= 15 is 0 Å². The van der Waals surface area contributed by atoms with E-state index in [1.54, 1.807) is 25.0 Å². The maximum Gasteiger partial charge on any atom is 0.153 e. The van der Waals surface area contributed by atoms with E-state index in [0.29, 0.717) is 0 Å². The summed E-state index contributed by atoms with van der Waals surface area (Å²) in [6, 6.07) is 1.94. The molecule has 0 saturated heterocycles. The summed E-state index contributed by atoms with van der Waals surface area (Å²) < 4.78 is 7.69. The Morgan fingerprint density at radius 3 is 2.93 bits per heavy atom. The van der Waals surface area contributed by atoms with Crippen LogP contribution in [0.5, 0.6) is 5.75 Å². The third kappa shape index (κ3) is 1.81. The second-order valence-electron chi connectivity index (χ2n) is 3.78. The molecule has 1 aromatic heterocycles. The van der Waals surface area contributed by atoms with Crippen molar-refractivity contribution in [2.45, 2.75) is 23.7 Å². The molecule has 1 aromatic rings. The summed E-state index contributed by atoms with van der Waals surface area (Å²) in [5.41, 5.74) is 0.849. The Bertz CT molecular complexity index is 474. The van der Waals surface area contributed by atoms with Gasteiger partial charge in [0.25, 0.3) is 0 Å². The molecule has 0 amide bonds. The van der Waals surface area contributed by atoms with Crippen molar-refractivity contribution in [3.05, 3.63) is 24.3 Å². The first-order chi connectivity index (χ1) is 7.05. The van der Waals surface area contributed by atoms with Crippen LogP contribution in [0.2, 0.25) is 0 Å².